The van der Waals surface area contributed by atoms with E-state index in [4.69, 9.17) is 20.8 Å². The van der Waals surface area contributed by atoms with Crippen LogP contribution < -0.4 is 0 Å². The Morgan fingerprint density at radius 1 is 1.53 bits per heavy atom. The third-order valence-electron chi connectivity index (χ3n) is 2.04. The van der Waals surface area contributed by atoms with E-state index in [1.54, 1.807) is 24.6 Å². The molecule has 17 heavy (non-hydrogen) atoms. The van der Waals surface area contributed by atoms with Crippen molar-refractivity contribution in [2.45, 2.75) is 6.61 Å². The van der Waals surface area contributed by atoms with Gasteiger partial charge in [-0.05, 0) is 23.7 Å². The number of hydrogen-bond acceptors (Lipinski definition) is 4. The molecule has 5 heteroatoms. The van der Waals surface area contributed by atoms with E-state index >= 15 is 0 Å². The fourth-order valence-corrected chi connectivity index (χ4v) is 1.47. The number of nitrogens with zero attached hydrogens (tertiary/aromatic N) is 2. The molecule has 88 valence electrons. The molecule has 0 aliphatic carbocycles. The van der Waals surface area contributed by atoms with Crippen molar-refractivity contribution >= 4 is 11.6 Å². The Kier molecular flexibility index (Phi) is 3.90. The van der Waals surface area contributed by atoms with Gasteiger partial charge in [0.2, 0.25) is 5.28 Å². The van der Waals surface area contributed by atoms with Crippen molar-refractivity contribution in [3.05, 3.63) is 48.1 Å². The number of rotatable bonds is 5. The fourth-order valence-electron chi connectivity index (χ4n) is 1.32. The second-order valence-corrected chi connectivity index (χ2v) is 3.67. The normalized spacial score (nSPS) is 10.4. The molecular weight excluding hydrogens is 240 g/mol. The average molecular weight is 251 g/mol. The van der Waals surface area contributed by atoms with Crippen LogP contribution >= 0.6 is 11.6 Å². The Bertz CT molecular complexity index is 511. The zero-order valence-corrected chi connectivity index (χ0v) is 9.85. The molecule has 0 spiro atoms. The van der Waals surface area contributed by atoms with Crippen LogP contribution in [0.15, 0.2) is 41.7 Å². The number of furan rings is 1. The molecule has 0 radical (unpaired) electrons. The zero-order valence-electron chi connectivity index (χ0n) is 9.10. The maximum absolute atomic E-state index is 5.70. The predicted octanol–water partition coefficient (Wildman–Crippen LogP) is 3.09. The van der Waals surface area contributed by atoms with Crippen LogP contribution in [0, 0.1) is 0 Å². The lowest BCUT2D eigenvalue weighted by Gasteiger charge is -1.96. The molecule has 0 bridgehead atoms. The molecule has 2 rings (SSSR count). The highest BCUT2D eigenvalue weighted by molar-refractivity contribution is 6.28. The van der Waals surface area contributed by atoms with Gasteiger partial charge in [0, 0.05) is 11.8 Å². The fraction of sp³-hybridized carbons (Fsp3) is 0.167. The Morgan fingerprint density at radius 2 is 2.41 bits per heavy atom. The van der Waals surface area contributed by atoms with Crippen molar-refractivity contribution in [2.75, 3.05) is 6.61 Å². The molecule has 0 saturated carbocycles. The number of aromatic nitrogens is 2. The summed E-state index contributed by atoms with van der Waals surface area (Å²) in [5.41, 5.74) is 1.59. The third-order valence-corrected chi connectivity index (χ3v) is 2.22. The van der Waals surface area contributed by atoms with Crippen molar-refractivity contribution in [3.63, 3.8) is 0 Å². The standard InChI is InChI=1S/C12H11ClN2O2/c1-2-5-16-7-9-6-11(17-8-9)10-3-4-14-12(13)15-10/h2-4,6,8H,1,5,7H2. The SMILES string of the molecule is C=CCOCc1coc(-c2ccnc(Cl)n2)c1. The lowest BCUT2D eigenvalue weighted by atomic mass is 10.2. The second-order valence-electron chi connectivity index (χ2n) is 3.33. The van der Waals surface area contributed by atoms with Crippen molar-refractivity contribution in [1.29, 1.82) is 0 Å². The Morgan fingerprint density at radius 3 is 3.18 bits per heavy atom. The molecule has 0 fully saturated rings. The highest BCUT2D eigenvalue weighted by atomic mass is 35.5. The summed E-state index contributed by atoms with van der Waals surface area (Å²) in [4.78, 5) is 7.87. The van der Waals surface area contributed by atoms with Crippen LogP contribution in [0.25, 0.3) is 11.5 Å². The maximum Gasteiger partial charge on any atom is 0.222 e. The topological polar surface area (TPSA) is 48.2 Å². The highest BCUT2D eigenvalue weighted by Gasteiger charge is 2.06. The van der Waals surface area contributed by atoms with Gasteiger partial charge < -0.3 is 9.15 Å². The van der Waals surface area contributed by atoms with Gasteiger partial charge in [-0.25, -0.2) is 9.97 Å². The van der Waals surface area contributed by atoms with Gasteiger partial charge in [0.25, 0.3) is 0 Å². The van der Waals surface area contributed by atoms with E-state index < -0.39 is 0 Å². The molecule has 0 amide bonds. The summed E-state index contributed by atoms with van der Waals surface area (Å²) in [6, 6.07) is 3.60. The first-order chi connectivity index (χ1) is 8.29. The van der Waals surface area contributed by atoms with Crippen molar-refractivity contribution < 1.29 is 9.15 Å². The summed E-state index contributed by atoms with van der Waals surface area (Å²) in [6.45, 7) is 4.57. The van der Waals surface area contributed by atoms with Crippen LogP contribution in [0.1, 0.15) is 5.56 Å². The molecule has 0 aromatic carbocycles. The minimum Gasteiger partial charge on any atom is -0.462 e. The molecule has 4 nitrogen and oxygen atoms in total. The number of hydrogen-bond donors (Lipinski definition) is 0. The van der Waals surface area contributed by atoms with Crippen LogP contribution in [0.3, 0.4) is 0 Å². The summed E-state index contributed by atoms with van der Waals surface area (Å²) < 4.78 is 10.7. The van der Waals surface area contributed by atoms with E-state index in [9.17, 15) is 0 Å². The molecule has 0 atom stereocenters. The summed E-state index contributed by atoms with van der Waals surface area (Å²) in [5, 5.41) is 0.198. The van der Waals surface area contributed by atoms with Crippen LogP contribution in [0.5, 0.6) is 0 Å². The molecule has 2 aromatic rings. The van der Waals surface area contributed by atoms with E-state index in [1.807, 2.05) is 6.07 Å². The lowest BCUT2D eigenvalue weighted by Crippen LogP contribution is -1.90. The largest absolute Gasteiger partial charge is 0.462 e. The minimum absolute atomic E-state index is 0.198. The Labute approximate surface area is 104 Å². The van der Waals surface area contributed by atoms with Gasteiger partial charge in [-0.2, -0.15) is 0 Å². The smallest absolute Gasteiger partial charge is 0.222 e. The third kappa shape index (κ3) is 3.15. The highest BCUT2D eigenvalue weighted by Crippen LogP contribution is 2.21. The lowest BCUT2D eigenvalue weighted by molar-refractivity contribution is 0.148. The van der Waals surface area contributed by atoms with Gasteiger partial charge >= 0.3 is 0 Å². The molecule has 2 aromatic heterocycles. The van der Waals surface area contributed by atoms with Gasteiger partial charge in [-0.1, -0.05) is 6.08 Å². The summed E-state index contributed by atoms with van der Waals surface area (Å²) in [7, 11) is 0. The van der Waals surface area contributed by atoms with Gasteiger partial charge in [0.15, 0.2) is 5.76 Å². The van der Waals surface area contributed by atoms with Crippen LogP contribution in [-0.4, -0.2) is 16.6 Å². The molecule has 0 N–H and O–H groups in total. The predicted molar refractivity (Wildman–Crippen MR) is 64.6 cm³/mol. The average Bonchev–Trinajstić information content (AvgIpc) is 2.78. The first kappa shape index (κ1) is 11.8. The quantitative estimate of drug-likeness (QED) is 0.465. The Hall–Kier alpha value is -1.65. The van der Waals surface area contributed by atoms with E-state index in [-0.39, 0.29) is 5.28 Å². The van der Waals surface area contributed by atoms with Gasteiger partial charge in [-0.15, -0.1) is 6.58 Å². The van der Waals surface area contributed by atoms with Crippen molar-refractivity contribution in [2.24, 2.45) is 0 Å². The zero-order chi connectivity index (χ0) is 12.1. The van der Waals surface area contributed by atoms with Crippen molar-refractivity contribution in [3.8, 4) is 11.5 Å². The van der Waals surface area contributed by atoms with E-state index in [2.05, 4.69) is 16.5 Å². The molecular formula is C12H11ClN2O2. The van der Waals surface area contributed by atoms with E-state index in [1.165, 1.54) is 0 Å². The Balaban J connectivity index is 2.10. The van der Waals surface area contributed by atoms with Crippen LogP contribution in [0.2, 0.25) is 5.28 Å². The number of ether oxygens (including phenoxy) is 1. The van der Waals surface area contributed by atoms with Crippen LogP contribution in [0.4, 0.5) is 0 Å². The number of halogens is 1. The van der Waals surface area contributed by atoms with Crippen molar-refractivity contribution in [1.82, 2.24) is 9.97 Å². The first-order valence-corrected chi connectivity index (χ1v) is 5.42. The monoisotopic (exact) mass is 250 g/mol. The maximum atomic E-state index is 5.70. The minimum atomic E-state index is 0.198. The van der Waals surface area contributed by atoms with Gasteiger partial charge in [-0.3, -0.25) is 0 Å². The molecule has 0 aliphatic heterocycles. The molecule has 0 saturated heterocycles. The molecule has 0 unspecified atom stereocenters. The summed E-state index contributed by atoms with van der Waals surface area (Å²) in [5.74, 6) is 0.645. The summed E-state index contributed by atoms with van der Waals surface area (Å²) >= 11 is 5.70. The second kappa shape index (κ2) is 5.61. The van der Waals surface area contributed by atoms with E-state index in [0.717, 1.165) is 5.56 Å². The molecule has 0 aliphatic rings. The summed E-state index contributed by atoms with van der Waals surface area (Å²) in [6.07, 6.45) is 4.92. The van der Waals surface area contributed by atoms with Gasteiger partial charge in [0.1, 0.15) is 5.69 Å². The van der Waals surface area contributed by atoms with Crippen LogP contribution in [-0.2, 0) is 11.3 Å². The van der Waals surface area contributed by atoms with Gasteiger partial charge in [0.05, 0.1) is 19.5 Å². The van der Waals surface area contributed by atoms with E-state index in [0.29, 0.717) is 24.7 Å². The molecule has 2 heterocycles. The first-order valence-electron chi connectivity index (χ1n) is 5.04.